The summed E-state index contributed by atoms with van der Waals surface area (Å²) in [4.78, 5) is 0. The first-order chi connectivity index (χ1) is 6.36. The van der Waals surface area contributed by atoms with Gasteiger partial charge in [0, 0.05) is 0 Å². The minimum Gasteiger partial charge on any atom is -0.320 e. The number of nitriles is 1. The Morgan fingerprint density at radius 1 is 1.46 bits per heavy atom. The van der Waals surface area contributed by atoms with Gasteiger partial charge in [0.25, 0.3) is 0 Å². The van der Waals surface area contributed by atoms with Crippen LogP contribution in [0.15, 0.2) is 24.3 Å². The minimum absolute atomic E-state index is 0.752. The molecule has 2 heteroatoms. The molecular weight excluding hydrogens is 160 g/mol. The normalized spacial score (nSPS) is 9.54. The molecule has 1 N–H and O–H groups in total. The van der Waals surface area contributed by atoms with Crippen LogP contribution in [0.25, 0.3) is 0 Å². The third-order valence-corrected chi connectivity index (χ3v) is 1.95. The van der Waals surface area contributed by atoms with Gasteiger partial charge >= 0.3 is 0 Å². The van der Waals surface area contributed by atoms with E-state index in [1.54, 1.807) is 0 Å². The molecule has 1 rings (SSSR count). The van der Waals surface area contributed by atoms with Gasteiger partial charge in [0.1, 0.15) is 0 Å². The Morgan fingerprint density at radius 3 is 3.00 bits per heavy atom. The third kappa shape index (κ3) is 3.27. The Bertz CT molecular complexity index is 299. The van der Waals surface area contributed by atoms with Gasteiger partial charge in [-0.15, -0.1) is 0 Å². The lowest BCUT2D eigenvalue weighted by Crippen LogP contribution is -2.08. The summed E-state index contributed by atoms with van der Waals surface area (Å²) in [6.45, 7) is 1.02. The SMILES string of the molecule is CNCCCc1cccc(C#N)c1. The first-order valence-corrected chi connectivity index (χ1v) is 4.50. The molecular formula is C11H14N2. The Labute approximate surface area is 79.2 Å². The van der Waals surface area contributed by atoms with Crippen LogP contribution < -0.4 is 5.32 Å². The highest BCUT2D eigenvalue weighted by Crippen LogP contribution is 2.05. The monoisotopic (exact) mass is 174 g/mol. The van der Waals surface area contributed by atoms with Gasteiger partial charge in [0.15, 0.2) is 0 Å². The van der Waals surface area contributed by atoms with Crippen LogP contribution in [-0.2, 0) is 6.42 Å². The number of hydrogen-bond donors (Lipinski definition) is 1. The molecule has 2 nitrogen and oxygen atoms in total. The van der Waals surface area contributed by atoms with Crippen molar-refractivity contribution in [1.82, 2.24) is 5.32 Å². The van der Waals surface area contributed by atoms with Crippen LogP contribution in [0, 0.1) is 11.3 Å². The van der Waals surface area contributed by atoms with E-state index < -0.39 is 0 Å². The standard InChI is InChI=1S/C11H14N2/c1-13-7-3-6-10-4-2-5-11(8-10)9-12/h2,4-5,8,13H,3,6-7H2,1H3. The molecule has 0 radical (unpaired) electrons. The van der Waals surface area contributed by atoms with Crippen molar-refractivity contribution < 1.29 is 0 Å². The zero-order valence-corrected chi connectivity index (χ0v) is 7.88. The maximum absolute atomic E-state index is 8.67. The predicted molar refractivity (Wildman–Crippen MR) is 53.4 cm³/mol. The summed E-state index contributed by atoms with van der Waals surface area (Å²) in [5.41, 5.74) is 2.00. The van der Waals surface area contributed by atoms with E-state index in [-0.39, 0.29) is 0 Å². The summed E-state index contributed by atoms with van der Waals surface area (Å²) in [5, 5.41) is 11.8. The van der Waals surface area contributed by atoms with Gasteiger partial charge in [-0.2, -0.15) is 5.26 Å². The van der Waals surface area contributed by atoms with Crippen LogP contribution in [0.2, 0.25) is 0 Å². The molecule has 0 aliphatic heterocycles. The molecule has 0 atom stereocenters. The van der Waals surface area contributed by atoms with E-state index in [1.165, 1.54) is 5.56 Å². The zero-order chi connectivity index (χ0) is 9.52. The largest absolute Gasteiger partial charge is 0.320 e. The number of benzene rings is 1. The molecule has 0 aliphatic rings. The van der Waals surface area contributed by atoms with Crippen molar-refractivity contribution in [1.29, 1.82) is 5.26 Å². The van der Waals surface area contributed by atoms with Gasteiger partial charge in [0.05, 0.1) is 11.6 Å². The second-order valence-electron chi connectivity index (χ2n) is 3.02. The van der Waals surface area contributed by atoms with Gasteiger partial charge in [-0.05, 0) is 44.1 Å². The minimum atomic E-state index is 0.752. The van der Waals surface area contributed by atoms with Crippen LogP contribution in [0.3, 0.4) is 0 Å². The smallest absolute Gasteiger partial charge is 0.0991 e. The first-order valence-electron chi connectivity index (χ1n) is 4.50. The van der Waals surface area contributed by atoms with Crippen LogP contribution in [0.1, 0.15) is 17.5 Å². The number of hydrogen-bond acceptors (Lipinski definition) is 2. The number of aryl methyl sites for hydroxylation is 1. The van der Waals surface area contributed by atoms with Gasteiger partial charge in [-0.3, -0.25) is 0 Å². The molecule has 1 aromatic rings. The average Bonchev–Trinajstić information content (AvgIpc) is 2.19. The number of nitrogens with one attached hydrogen (secondary N) is 1. The lowest BCUT2D eigenvalue weighted by Gasteiger charge is -2.00. The molecule has 0 aliphatic carbocycles. The van der Waals surface area contributed by atoms with Crippen molar-refractivity contribution in [3.8, 4) is 6.07 Å². The van der Waals surface area contributed by atoms with Gasteiger partial charge in [0.2, 0.25) is 0 Å². The fourth-order valence-electron chi connectivity index (χ4n) is 1.27. The lowest BCUT2D eigenvalue weighted by atomic mass is 10.1. The molecule has 0 unspecified atom stereocenters. The zero-order valence-electron chi connectivity index (χ0n) is 7.88. The molecule has 0 bridgehead atoms. The predicted octanol–water partition coefficient (Wildman–Crippen LogP) is 1.71. The summed E-state index contributed by atoms with van der Waals surface area (Å²) in [6, 6.07) is 9.93. The summed E-state index contributed by atoms with van der Waals surface area (Å²) in [6.07, 6.45) is 2.15. The van der Waals surface area contributed by atoms with Crippen LogP contribution in [0.4, 0.5) is 0 Å². The third-order valence-electron chi connectivity index (χ3n) is 1.95. The second kappa shape index (κ2) is 5.34. The summed E-state index contributed by atoms with van der Waals surface area (Å²) in [7, 11) is 1.95. The van der Waals surface area contributed by atoms with Crippen molar-refractivity contribution in [3.05, 3.63) is 35.4 Å². The summed E-state index contributed by atoms with van der Waals surface area (Å²) >= 11 is 0. The van der Waals surface area contributed by atoms with E-state index in [0.717, 1.165) is 24.9 Å². The quantitative estimate of drug-likeness (QED) is 0.705. The van der Waals surface area contributed by atoms with Crippen molar-refractivity contribution in [3.63, 3.8) is 0 Å². The lowest BCUT2D eigenvalue weighted by molar-refractivity contribution is 0.724. The molecule has 68 valence electrons. The van der Waals surface area contributed by atoms with Crippen LogP contribution in [-0.4, -0.2) is 13.6 Å². The van der Waals surface area contributed by atoms with Crippen molar-refractivity contribution in [2.75, 3.05) is 13.6 Å². The molecule has 0 amide bonds. The highest BCUT2D eigenvalue weighted by atomic mass is 14.8. The second-order valence-corrected chi connectivity index (χ2v) is 3.02. The topological polar surface area (TPSA) is 35.8 Å². The number of rotatable bonds is 4. The molecule has 0 fully saturated rings. The Hall–Kier alpha value is -1.33. The van der Waals surface area contributed by atoms with E-state index in [9.17, 15) is 0 Å². The summed E-state index contributed by atoms with van der Waals surface area (Å²) in [5.74, 6) is 0. The maximum Gasteiger partial charge on any atom is 0.0991 e. The molecule has 0 aromatic heterocycles. The molecule has 1 aromatic carbocycles. The van der Waals surface area contributed by atoms with E-state index in [0.29, 0.717) is 0 Å². The van der Waals surface area contributed by atoms with E-state index in [4.69, 9.17) is 5.26 Å². The molecule has 0 saturated carbocycles. The van der Waals surface area contributed by atoms with Crippen molar-refractivity contribution in [2.45, 2.75) is 12.8 Å². The average molecular weight is 174 g/mol. The van der Waals surface area contributed by atoms with E-state index >= 15 is 0 Å². The number of nitrogens with zero attached hydrogens (tertiary/aromatic N) is 1. The van der Waals surface area contributed by atoms with E-state index in [2.05, 4.69) is 17.5 Å². The Kier molecular flexibility index (Phi) is 4.01. The molecule has 13 heavy (non-hydrogen) atoms. The molecule has 0 saturated heterocycles. The fraction of sp³-hybridized carbons (Fsp3) is 0.364. The highest BCUT2D eigenvalue weighted by molar-refractivity contribution is 5.32. The highest BCUT2D eigenvalue weighted by Gasteiger charge is 1.94. The summed E-state index contributed by atoms with van der Waals surface area (Å²) < 4.78 is 0. The molecule has 0 heterocycles. The fourth-order valence-corrected chi connectivity index (χ4v) is 1.27. The Balaban J connectivity index is 2.52. The Morgan fingerprint density at radius 2 is 2.31 bits per heavy atom. The van der Waals surface area contributed by atoms with Gasteiger partial charge in [-0.1, -0.05) is 12.1 Å². The maximum atomic E-state index is 8.67. The van der Waals surface area contributed by atoms with Crippen LogP contribution >= 0.6 is 0 Å². The van der Waals surface area contributed by atoms with Gasteiger partial charge < -0.3 is 5.32 Å². The van der Waals surface area contributed by atoms with Gasteiger partial charge in [-0.25, -0.2) is 0 Å². The van der Waals surface area contributed by atoms with Crippen molar-refractivity contribution >= 4 is 0 Å². The first kappa shape index (κ1) is 9.76. The van der Waals surface area contributed by atoms with Crippen LogP contribution in [0.5, 0.6) is 0 Å². The van der Waals surface area contributed by atoms with Crippen molar-refractivity contribution in [2.24, 2.45) is 0 Å². The molecule has 0 spiro atoms. The van der Waals surface area contributed by atoms with E-state index in [1.807, 2.05) is 25.2 Å².